The van der Waals surface area contributed by atoms with Gasteiger partial charge in [-0.1, -0.05) is 24.3 Å². The second-order valence-corrected chi connectivity index (χ2v) is 6.59. The van der Waals surface area contributed by atoms with Crippen LogP contribution in [-0.4, -0.2) is 32.6 Å². The Labute approximate surface area is 180 Å². The van der Waals surface area contributed by atoms with Gasteiger partial charge >= 0.3 is 0 Å². The van der Waals surface area contributed by atoms with Gasteiger partial charge in [0.15, 0.2) is 11.5 Å². The van der Waals surface area contributed by atoms with Gasteiger partial charge in [0.1, 0.15) is 11.5 Å². The fraction of sp³-hybridized carbons (Fsp3) is 0.167. The Morgan fingerprint density at radius 2 is 1.74 bits per heavy atom. The van der Waals surface area contributed by atoms with E-state index in [1.165, 1.54) is 12.3 Å². The first-order chi connectivity index (χ1) is 15.1. The summed E-state index contributed by atoms with van der Waals surface area (Å²) in [5, 5.41) is 5.50. The summed E-state index contributed by atoms with van der Waals surface area (Å²) in [4.78, 5) is 25.3. The van der Waals surface area contributed by atoms with Crippen molar-refractivity contribution in [3.63, 3.8) is 0 Å². The van der Waals surface area contributed by atoms with Gasteiger partial charge in [-0.3, -0.25) is 9.59 Å². The van der Waals surface area contributed by atoms with Gasteiger partial charge in [-0.15, -0.1) is 0 Å². The third-order valence-corrected chi connectivity index (χ3v) is 4.51. The van der Waals surface area contributed by atoms with E-state index in [0.717, 1.165) is 5.56 Å². The number of hydrogen-bond donors (Lipinski definition) is 2. The van der Waals surface area contributed by atoms with Gasteiger partial charge in [0.2, 0.25) is 0 Å². The third-order valence-electron chi connectivity index (χ3n) is 4.51. The molecule has 1 heterocycles. The van der Waals surface area contributed by atoms with E-state index in [9.17, 15) is 9.59 Å². The van der Waals surface area contributed by atoms with Crippen LogP contribution in [0.1, 0.15) is 21.7 Å². The Bertz CT molecular complexity index is 1040. The highest BCUT2D eigenvalue weighted by molar-refractivity contribution is 6.05. The molecule has 2 amide bonds. The summed E-state index contributed by atoms with van der Waals surface area (Å²) in [6.45, 7) is 0.366. The normalized spacial score (nSPS) is 11.0. The fourth-order valence-corrected chi connectivity index (χ4v) is 2.91. The van der Waals surface area contributed by atoms with E-state index in [1.807, 2.05) is 24.3 Å². The van der Waals surface area contributed by atoms with Crippen LogP contribution in [0, 0.1) is 0 Å². The van der Waals surface area contributed by atoms with Crippen molar-refractivity contribution in [3.05, 3.63) is 89.5 Å². The van der Waals surface area contributed by atoms with Crippen LogP contribution in [0.5, 0.6) is 11.5 Å². The number of amides is 2. The second kappa shape index (κ2) is 10.7. The maximum absolute atomic E-state index is 12.8. The van der Waals surface area contributed by atoms with Gasteiger partial charge in [-0.2, -0.15) is 0 Å². The van der Waals surface area contributed by atoms with Crippen LogP contribution in [0.2, 0.25) is 0 Å². The molecule has 0 aliphatic heterocycles. The zero-order valence-electron chi connectivity index (χ0n) is 17.4. The maximum atomic E-state index is 12.8. The minimum Gasteiger partial charge on any atom is -0.493 e. The zero-order chi connectivity index (χ0) is 22.1. The number of ether oxygens (including phenoxy) is 2. The van der Waals surface area contributed by atoms with Crippen molar-refractivity contribution in [1.29, 1.82) is 0 Å². The Balaban J connectivity index is 1.67. The van der Waals surface area contributed by atoms with Gasteiger partial charge in [0.25, 0.3) is 11.8 Å². The van der Waals surface area contributed by atoms with Crippen LogP contribution in [0.15, 0.2) is 77.0 Å². The van der Waals surface area contributed by atoms with Crippen LogP contribution >= 0.6 is 0 Å². The average molecular weight is 420 g/mol. The lowest BCUT2D eigenvalue weighted by Gasteiger charge is -2.12. The van der Waals surface area contributed by atoms with E-state index >= 15 is 0 Å². The molecule has 7 nitrogen and oxygen atoms in total. The summed E-state index contributed by atoms with van der Waals surface area (Å²) in [7, 11) is 3.15. The van der Waals surface area contributed by atoms with Gasteiger partial charge in [-0.05, 0) is 48.4 Å². The van der Waals surface area contributed by atoms with E-state index in [0.29, 0.717) is 35.8 Å². The van der Waals surface area contributed by atoms with Crippen molar-refractivity contribution < 1.29 is 23.5 Å². The number of rotatable bonds is 9. The number of carbonyl (C=O) groups excluding carboxylic acids is 2. The Hall–Kier alpha value is -4.00. The number of carbonyl (C=O) groups is 2. The molecule has 2 N–H and O–H groups in total. The number of hydrogen-bond acceptors (Lipinski definition) is 5. The summed E-state index contributed by atoms with van der Waals surface area (Å²) in [5.41, 5.74) is 1.52. The second-order valence-electron chi connectivity index (χ2n) is 6.59. The molecule has 0 saturated heterocycles. The monoisotopic (exact) mass is 420 g/mol. The third kappa shape index (κ3) is 5.99. The highest BCUT2D eigenvalue weighted by Crippen LogP contribution is 2.27. The number of methoxy groups -OCH3 is 2. The zero-order valence-corrected chi connectivity index (χ0v) is 17.4. The number of furan rings is 1. The van der Waals surface area contributed by atoms with Gasteiger partial charge in [-0.25, -0.2) is 0 Å². The lowest BCUT2D eigenvalue weighted by Crippen LogP contribution is -2.35. The Morgan fingerprint density at radius 1 is 0.968 bits per heavy atom. The van der Waals surface area contributed by atoms with Gasteiger partial charge in [0, 0.05) is 18.2 Å². The van der Waals surface area contributed by atoms with Crippen molar-refractivity contribution in [2.75, 3.05) is 20.8 Å². The summed E-state index contributed by atoms with van der Waals surface area (Å²) in [6.07, 6.45) is 3.57. The van der Waals surface area contributed by atoms with Crippen molar-refractivity contribution in [2.24, 2.45) is 0 Å². The molecule has 1 aromatic heterocycles. The molecule has 0 spiro atoms. The topological polar surface area (TPSA) is 89.8 Å². The van der Waals surface area contributed by atoms with Crippen LogP contribution < -0.4 is 20.1 Å². The molecule has 0 aliphatic rings. The molecule has 0 aliphatic carbocycles. The van der Waals surface area contributed by atoms with E-state index in [1.54, 1.807) is 50.6 Å². The summed E-state index contributed by atoms with van der Waals surface area (Å²) >= 11 is 0. The largest absolute Gasteiger partial charge is 0.493 e. The molecular weight excluding hydrogens is 396 g/mol. The first-order valence-electron chi connectivity index (χ1n) is 9.71. The van der Waals surface area contributed by atoms with Crippen LogP contribution in [-0.2, 0) is 11.2 Å². The molecule has 31 heavy (non-hydrogen) atoms. The van der Waals surface area contributed by atoms with Crippen molar-refractivity contribution in [1.82, 2.24) is 10.6 Å². The lowest BCUT2D eigenvalue weighted by molar-refractivity contribution is -0.117. The molecule has 3 rings (SSSR count). The van der Waals surface area contributed by atoms with E-state index < -0.39 is 5.91 Å². The first-order valence-corrected chi connectivity index (χ1v) is 9.71. The molecule has 0 fully saturated rings. The van der Waals surface area contributed by atoms with Crippen molar-refractivity contribution in [3.8, 4) is 11.5 Å². The van der Waals surface area contributed by atoms with E-state index in [-0.39, 0.29) is 11.6 Å². The van der Waals surface area contributed by atoms with Crippen LogP contribution in [0.3, 0.4) is 0 Å². The summed E-state index contributed by atoms with van der Waals surface area (Å²) < 4.78 is 15.8. The molecule has 0 saturated carbocycles. The molecule has 2 aromatic carbocycles. The first kappa shape index (κ1) is 21.7. The number of nitrogens with one attached hydrogen (secondary N) is 2. The quantitative estimate of drug-likeness (QED) is 0.518. The highest BCUT2D eigenvalue weighted by atomic mass is 16.5. The molecule has 0 unspecified atom stereocenters. The smallest absolute Gasteiger partial charge is 0.267 e. The van der Waals surface area contributed by atoms with Crippen molar-refractivity contribution >= 4 is 17.9 Å². The predicted molar refractivity (Wildman–Crippen MR) is 117 cm³/mol. The van der Waals surface area contributed by atoms with Gasteiger partial charge in [0.05, 0.1) is 20.5 Å². The predicted octanol–water partition coefficient (Wildman–Crippen LogP) is 3.43. The Kier molecular flexibility index (Phi) is 7.48. The average Bonchev–Trinajstić information content (AvgIpc) is 3.32. The van der Waals surface area contributed by atoms with E-state index in [2.05, 4.69) is 10.6 Å². The minimum absolute atomic E-state index is 0.0936. The molecule has 0 bridgehead atoms. The number of benzene rings is 2. The molecule has 0 atom stereocenters. The fourth-order valence-electron chi connectivity index (χ4n) is 2.91. The molecule has 160 valence electrons. The van der Waals surface area contributed by atoms with Crippen molar-refractivity contribution in [2.45, 2.75) is 6.42 Å². The molecule has 0 radical (unpaired) electrons. The standard InChI is InChI=1S/C24H24N2O5/c1-29-21-11-10-17(15-22(21)30-2)12-13-25-24(28)20(16-19-9-6-14-31-19)26-23(27)18-7-4-3-5-8-18/h3-11,14-16H,12-13H2,1-2H3,(H,25,28)(H,26,27)/b20-16-. The lowest BCUT2D eigenvalue weighted by atomic mass is 10.1. The highest BCUT2D eigenvalue weighted by Gasteiger charge is 2.15. The van der Waals surface area contributed by atoms with Crippen LogP contribution in [0.4, 0.5) is 0 Å². The molecule has 7 heteroatoms. The molecular formula is C24H24N2O5. The SMILES string of the molecule is COc1ccc(CCNC(=O)/C(=C/c2ccco2)NC(=O)c2ccccc2)cc1OC. The van der Waals surface area contributed by atoms with Crippen LogP contribution in [0.25, 0.3) is 6.08 Å². The maximum Gasteiger partial charge on any atom is 0.267 e. The van der Waals surface area contributed by atoms with E-state index in [4.69, 9.17) is 13.9 Å². The summed E-state index contributed by atoms with van der Waals surface area (Å²) in [5.74, 6) is 0.926. The molecule has 3 aromatic rings. The Morgan fingerprint density at radius 3 is 2.42 bits per heavy atom. The van der Waals surface area contributed by atoms with Gasteiger partial charge < -0.3 is 24.5 Å². The summed E-state index contributed by atoms with van der Waals surface area (Å²) in [6, 6.07) is 17.7. The minimum atomic E-state index is -0.416.